The fourth-order valence-corrected chi connectivity index (χ4v) is 1.59. The highest BCUT2D eigenvalue weighted by Gasteiger charge is 2.34. The van der Waals surface area contributed by atoms with E-state index in [0.29, 0.717) is 26.1 Å². The number of hydrogen-bond acceptors (Lipinski definition) is 4. The zero-order valence-electron chi connectivity index (χ0n) is 8.90. The highest BCUT2D eigenvalue weighted by molar-refractivity contribution is 5.90. The minimum absolute atomic E-state index is 0.148. The third-order valence-corrected chi connectivity index (χ3v) is 2.57. The standard InChI is InChI=1S/C9H18N4O2/c1-6(8(14)12-4-3-10)13-5-2-7(11)9(13)15/h6-7H,2-5,10-11H2,1H3,(H,12,14)/t6-,7-/m0/s1. The summed E-state index contributed by atoms with van der Waals surface area (Å²) >= 11 is 0. The summed E-state index contributed by atoms with van der Waals surface area (Å²) < 4.78 is 0. The minimum atomic E-state index is -0.461. The molecule has 15 heavy (non-hydrogen) atoms. The molecule has 1 heterocycles. The zero-order valence-corrected chi connectivity index (χ0v) is 8.90. The monoisotopic (exact) mass is 214 g/mol. The van der Waals surface area contributed by atoms with Crippen LogP contribution in [0.15, 0.2) is 0 Å². The lowest BCUT2D eigenvalue weighted by Gasteiger charge is -2.23. The lowest BCUT2D eigenvalue weighted by molar-refractivity contribution is -0.137. The van der Waals surface area contributed by atoms with Gasteiger partial charge in [-0.3, -0.25) is 9.59 Å². The van der Waals surface area contributed by atoms with E-state index in [9.17, 15) is 9.59 Å². The summed E-state index contributed by atoms with van der Waals surface area (Å²) in [6.07, 6.45) is 0.618. The van der Waals surface area contributed by atoms with Gasteiger partial charge in [0, 0.05) is 19.6 Å². The smallest absolute Gasteiger partial charge is 0.242 e. The van der Waals surface area contributed by atoms with E-state index in [-0.39, 0.29) is 11.8 Å². The molecule has 6 heteroatoms. The molecule has 0 aromatic rings. The molecule has 0 aromatic carbocycles. The molecule has 1 aliphatic rings. The van der Waals surface area contributed by atoms with Crippen LogP contribution in [0, 0.1) is 0 Å². The van der Waals surface area contributed by atoms with Crippen LogP contribution >= 0.6 is 0 Å². The quantitative estimate of drug-likeness (QED) is 0.504. The maximum atomic E-state index is 11.5. The molecule has 0 aromatic heterocycles. The van der Waals surface area contributed by atoms with E-state index in [1.807, 2.05) is 0 Å². The molecule has 1 rings (SSSR count). The van der Waals surface area contributed by atoms with Crippen LogP contribution in [-0.2, 0) is 9.59 Å². The lowest BCUT2D eigenvalue weighted by atomic mass is 10.2. The van der Waals surface area contributed by atoms with Crippen LogP contribution in [0.1, 0.15) is 13.3 Å². The molecule has 5 N–H and O–H groups in total. The molecule has 0 spiro atoms. The number of hydrogen-bond donors (Lipinski definition) is 3. The van der Waals surface area contributed by atoms with Gasteiger partial charge in [0.2, 0.25) is 11.8 Å². The highest BCUT2D eigenvalue weighted by atomic mass is 16.2. The lowest BCUT2D eigenvalue weighted by Crippen LogP contribution is -2.48. The first-order valence-corrected chi connectivity index (χ1v) is 5.11. The van der Waals surface area contributed by atoms with Gasteiger partial charge in [0.05, 0.1) is 6.04 Å². The number of nitrogens with zero attached hydrogens (tertiary/aromatic N) is 1. The molecule has 1 saturated heterocycles. The van der Waals surface area contributed by atoms with Gasteiger partial charge >= 0.3 is 0 Å². The van der Waals surface area contributed by atoms with Gasteiger partial charge in [0.1, 0.15) is 6.04 Å². The summed E-state index contributed by atoms with van der Waals surface area (Å²) in [7, 11) is 0. The van der Waals surface area contributed by atoms with Crippen molar-refractivity contribution in [3.8, 4) is 0 Å². The van der Waals surface area contributed by atoms with Crippen molar-refractivity contribution < 1.29 is 9.59 Å². The second-order valence-corrected chi connectivity index (χ2v) is 3.68. The Kier molecular flexibility index (Phi) is 4.05. The van der Waals surface area contributed by atoms with Gasteiger partial charge in [-0.25, -0.2) is 0 Å². The molecule has 0 saturated carbocycles. The average molecular weight is 214 g/mol. The summed E-state index contributed by atoms with van der Waals surface area (Å²) in [6.45, 7) is 3.07. The number of amides is 2. The van der Waals surface area contributed by atoms with E-state index >= 15 is 0 Å². The van der Waals surface area contributed by atoms with Gasteiger partial charge < -0.3 is 21.7 Å². The van der Waals surface area contributed by atoms with Crippen molar-refractivity contribution in [2.45, 2.75) is 25.4 Å². The van der Waals surface area contributed by atoms with Crippen LogP contribution in [0.2, 0.25) is 0 Å². The summed E-state index contributed by atoms with van der Waals surface area (Å²) in [5.41, 5.74) is 10.8. The van der Waals surface area contributed by atoms with Crippen LogP contribution < -0.4 is 16.8 Å². The van der Waals surface area contributed by atoms with Crippen molar-refractivity contribution in [2.75, 3.05) is 19.6 Å². The Morgan fingerprint density at radius 1 is 1.73 bits per heavy atom. The predicted molar refractivity (Wildman–Crippen MR) is 55.8 cm³/mol. The van der Waals surface area contributed by atoms with Gasteiger partial charge in [-0.05, 0) is 13.3 Å². The summed E-state index contributed by atoms with van der Waals surface area (Å²) in [4.78, 5) is 24.6. The molecule has 1 aliphatic heterocycles. The van der Waals surface area contributed by atoms with Crippen molar-refractivity contribution in [1.29, 1.82) is 0 Å². The molecule has 0 aliphatic carbocycles. The molecule has 0 bridgehead atoms. The Labute approximate surface area is 89.0 Å². The Bertz CT molecular complexity index is 256. The minimum Gasteiger partial charge on any atom is -0.353 e. The molecule has 0 unspecified atom stereocenters. The van der Waals surface area contributed by atoms with E-state index in [2.05, 4.69) is 5.32 Å². The van der Waals surface area contributed by atoms with Gasteiger partial charge in [-0.15, -0.1) is 0 Å². The Hall–Kier alpha value is -1.14. The number of carbonyl (C=O) groups excluding carboxylic acids is 2. The van der Waals surface area contributed by atoms with Crippen LogP contribution in [0.25, 0.3) is 0 Å². The molecule has 6 nitrogen and oxygen atoms in total. The fourth-order valence-electron chi connectivity index (χ4n) is 1.59. The Morgan fingerprint density at radius 3 is 2.87 bits per heavy atom. The molecular formula is C9H18N4O2. The molecule has 86 valence electrons. The second kappa shape index (κ2) is 5.09. The first-order chi connectivity index (χ1) is 7.07. The van der Waals surface area contributed by atoms with Crippen molar-refractivity contribution in [1.82, 2.24) is 10.2 Å². The van der Waals surface area contributed by atoms with Gasteiger partial charge in [-0.1, -0.05) is 0 Å². The Morgan fingerprint density at radius 2 is 2.40 bits per heavy atom. The third-order valence-electron chi connectivity index (χ3n) is 2.57. The number of rotatable bonds is 4. The fraction of sp³-hybridized carbons (Fsp3) is 0.778. The van der Waals surface area contributed by atoms with Crippen molar-refractivity contribution in [3.05, 3.63) is 0 Å². The van der Waals surface area contributed by atoms with Crippen molar-refractivity contribution in [3.63, 3.8) is 0 Å². The van der Waals surface area contributed by atoms with Crippen molar-refractivity contribution in [2.24, 2.45) is 11.5 Å². The first kappa shape index (κ1) is 11.9. The van der Waals surface area contributed by atoms with Crippen LogP contribution in [-0.4, -0.2) is 48.4 Å². The Balaban J connectivity index is 2.49. The molecule has 2 amide bonds. The maximum Gasteiger partial charge on any atom is 0.242 e. The predicted octanol–water partition coefficient (Wildman–Crippen LogP) is -1.99. The maximum absolute atomic E-state index is 11.5. The molecule has 2 atom stereocenters. The topological polar surface area (TPSA) is 101 Å². The van der Waals surface area contributed by atoms with Gasteiger partial charge in [0.15, 0.2) is 0 Å². The summed E-state index contributed by atoms with van der Waals surface area (Å²) in [5.74, 6) is -0.326. The van der Waals surface area contributed by atoms with E-state index in [4.69, 9.17) is 11.5 Å². The number of nitrogens with one attached hydrogen (secondary N) is 1. The number of nitrogens with two attached hydrogens (primary N) is 2. The van der Waals surface area contributed by atoms with Crippen LogP contribution in [0.4, 0.5) is 0 Å². The molecule has 1 fully saturated rings. The second-order valence-electron chi connectivity index (χ2n) is 3.68. The van der Waals surface area contributed by atoms with Crippen LogP contribution in [0.5, 0.6) is 0 Å². The molecule has 0 radical (unpaired) electrons. The van der Waals surface area contributed by atoms with Crippen molar-refractivity contribution >= 4 is 11.8 Å². The SMILES string of the molecule is C[C@@H](C(=O)NCCN)N1CC[C@H](N)C1=O. The first-order valence-electron chi connectivity index (χ1n) is 5.11. The largest absolute Gasteiger partial charge is 0.353 e. The summed E-state index contributed by atoms with van der Waals surface area (Å²) in [6, 6.07) is -0.910. The van der Waals surface area contributed by atoms with E-state index in [1.165, 1.54) is 4.90 Å². The highest BCUT2D eigenvalue weighted by Crippen LogP contribution is 2.12. The number of carbonyl (C=O) groups is 2. The number of likely N-dealkylation sites (tertiary alicyclic amines) is 1. The molecular weight excluding hydrogens is 196 g/mol. The summed E-state index contributed by atoms with van der Waals surface area (Å²) in [5, 5.41) is 2.65. The zero-order chi connectivity index (χ0) is 11.4. The average Bonchev–Trinajstić information content (AvgIpc) is 2.55. The van der Waals surface area contributed by atoms with Gasteiger partial charge in [0.25, 0.3) is 0 Å². The van der Waals surface area contributed by atoms with E-state index < -0.39 is 12.1 Å². The van der Waals surface area contributed by atoms with E-state index in [0.717, 1.165) is 0 Å². The third kappa shape index (κ3) is 2.66. The van der Waals surface area contributed by atoms with Crippen LogP contribution in [0.3, 0.4) is 0 Å². The van der Waals surface area contributed by atoms with Gasteiger partial charge in [-0.2, -0.15) is 0 Å². The normalized spacial score (nSPS) is 23.0. The van der Waals surface area contributed by atoms with E-state index in [1.54, 1.807) is 6.92 Å².